The summed E-state index contributed by atoms with van der Waals surface area (Å²) in [7, 11) is 0. The number of carbonyl (C=O) groups is 1. The van der Waals surface area contributed by atoms with E-state index in [9.17, 15) is 4.79 Å². The number of amides is 1. The molecule has 0 bridgehead atoms. The number of nitrogens with one attached hydrogen (secondary N) is 2. The van der Waals surface area contributed by atoms with Gasteiger partial charge in [-0.1, -0.05) is 48.5 Å². The lowest BCUT2D eigenvalue weighted by Gasteiger charge is -2.38. The van der Waals surface area contributed by atoms with E-state index in [0.29, 0.717) is 37.0 Å². The Balaban J connectivity index is 1.40. The molecule has 0 unspecified atom stereocenters. The lowest BCUT2D eigenvalue weighted by Crippen LogP contribution is -2.57. The van der Waals surface area contributed by atoms with Gasteiger partial charge in [-0.2, -0.15) is 0 Å². The maximum atomic E-state index is 12.7. The summed E-state index contributed by atoms with van der Waals surface area (Å²) in [4.78, 5) is 17.2. The van der Waals surface area contributed by atoms with E-state index in [2.05, 4.69) is 27.8 Å². The zero-order valence-electron chi connectivity index (χ0n) is 17.2. The van der Waals surface area contributed by atoms with Crippen molar-refractivity contribution in [3.05, 3.63) is 77.7 Å². The smallest absolute Gasteiger partial charge is 0.226 e. The maximum absolute atomic E-state index is 12.7. The van der Waals surface area contributed by atoms with Crippen molar-refractivity contribution in [3.8, 4) is 11.5 Å². The zero-order valence-corrected chi connectivity index (χ0v) is 17.2. The number of nitrogens with zero attached hydrogens (tertiary/aromatic N) is 1. The van der Waals surface area contributed by atoms with Gasteiger partial charge in [0.15, 0.2) is 0 Å². The van der Waals surface area contributed by atoms with Gasteiger partial charge in [0.2, 0.25) is 11.8 Å². The molecule has 1 saturated heterocycles. The first-order valence-corrected chi connectivity index (χ1v) is 10.3. The van der Waals surface area contributed by atoms with Crippen LogP contribution in [-0.2, 0) is 22.4 Å². The fourth-order valence-electron chi connectivity index (χ4n) is 3.73. The molecule has 1 amide bonds. The Morgan fingerprint density at radius 2 is 1.87 bits per heavy atom. The van der Waals surface area contributed by atoms with Crippen LogP contribution in [0.25, 0.3) is 11.5 Å². The van der Waals surface area contributed by atoms with Crippen LogP contribution in [0, 0.1) is 6.92 Å². The molecule has 2 heterocycles. The zero-order chi connectivity index (χ0) is 20.8. The summed E-state index contributed by atoms with van der Waals surface area (Å²) in [5.41, 5.74) is 2.29. The molecule has 2 aromatic carbocycles. The fourth-order valence-corrected chi connectivity index (χ4v) is 3.73. The molecule has 0 aliphatic carbocycles. The predicted molar refractivity (Wildman–Crippen MR) is 115 cm³/mol. The average molecular weight is 405 g/mol. The van der Waals surface area contributed by atoms with Crippen molar-refractivity contribution in [1.82, 2.24) is 15.6 Å². The van der Waals surface area contributed by atoms with Crippen LogP contribution in [0.15, 0.2) is 65.1 Å². The number of oxazole rings is 1. The molecule has 4 rings (SSSR count). The van der Waals surface area contributed by atoms with Gasteiger partial charge in [0, 0.05) is 31.6 Å². The first kappa shape index (κ1) is 20.3. The summed E-state index contributed by atoms with van der Waals surface area (Å²) in [6.07, 6.45) is 0.916. The second kappa shape index (κ2) is 9.24. The number of ether oxygens (including phenoxy) is 1. The first-order valence-electron chi connectivity index (χ1n) is 10.3. The topological polar surface area (TPSA) is 76.4 Å². The largest absolute Gasteiger partial charge is 0.441 e. The van der Waals surface area contributed by atoms with Crippen LogP contribution in [0.4, 0.5) is 0 Å². The molecule has 0 saturated carbocycles. The van der Waals surface area contributed by atoms with Crippen LogP contribution >= 0.6 is 0 Å². The molecular formula is C24H27N3O3. The highest BCUT2D eigenvalue weighted by molar-refractivity contribution is 5.78. The first-order chi connectivity index (χ1) is 14.6. The molecule has 1 aliphatic rings. The van der Waals surface area contributed by atoms with Gasteiger partial charge in [-0.25, -0.2) is 4.98 Å². The third kappa shape index (κ3) is 4.96. The van der Waals surface area contributed by atoms with Gasteiger partial charge in [0.1, 0.15) is 11.4 Å². The minimum Gasteiger partial charge on any atom is -0.441 e. The van der Waals surface area contributed by atoms with Crippen LogP contribution in [0.2, 0.25) is 0 Å². The Bertz CT molecular complexity index is 964. The van der Waals surface area contributed by atoms with Gasteiger partial charge in [0.05, 0.1) is 18.7 Å². The van der Waals surface area contributed by atoms with Gasteiger partial charge >= 0.3 is 0 Å². The van der Waals surface area contributed by atoms with Gasteiger partial charge < -0.3 is 19.8 Å². The molecule has 1 atom stereocenters. The Morgan fingerprint density at radius 3 is 2.57 bits per heavy atom. The van der Waals surface area contributed by atoms with Gasteiger partial charge in [-0.05, 0) is 24.6 Å². The molecule has 3 aromatic rings. The summed E-state index contributed by atoms with van der Waals surface area (Å²) in [5.74, 6) is 1.11. The van der Waals surface area contributed by atoms with Gasteiger partial charge in [0.25, 0.3) is 0 Å². The van der Waals surface area contributed by atoms with Gasteiger partial charge in [-0.3, -0.25) is 4.79 Å². The number of aromatic nitrogens is 1. The van der Waals surface area contributed by atoms with Crippen LogP contribution in [0.5, 0.6) is 0 Å². The van der Waals surface area contributed by atoms with Crippen molar-refractivity contribution in [2.45, 2.75) is 25.4 Å². The van der Waals surface area contributed by atoms with E-state index < -0.39 is 5.60 Å². The summed E-state index contributed by atoms with van der Waals surface area (Å²) < 4.78 is 11.9. The number of hydrogen-bond donors (Lipinski definition) is 2. The standard InChI is InChI=1S/C24H27N3O3/c1-18-21(27-23(30-18)20-10-6-3-7-11-20)14-22(28)26-17-24(16-25-12-13-29-24)15-19-8-4-2-5-9-19/h2-11,25H,12-17H2,1H3,(H,26,28)/t24-/m1/s1. The molecule has 1 aliphatic heterocycles. The Labute approximate surface area is 176 Å². The lowest BCUT2D eigenvalue weighted by molar-refractivity contribution is -0.123. The summed E-state index contributed by atoms with van der Waals surface area (Å²) in [6.45, 7) is 4.43. The van der Waals surface area contributed by atoms with Crippen LogP contribution < -0.4 is 10.6 Å². The Morgan fingerprint density at radius 1 is 1.13 bits per heavy atom. The van der Waals surface area contributed by atoms with Crippen molar-refractivity contribution in [1.29, 1.82) is 0 Å². The normalized spacial score (nSPS) is 18.8. The van der Waals surface area contributed by atoms with Gasteiger partial charge in [-0.15, -0.1) is 0 Å². The van der Waals surface area contributed by atoms with E-state index in [1.54, 1.807) is 0 Å². The molecular weight excluding hydrogens is 378 g/mol. The lowest BCUT2D eigenvalue weighted by atomic mass is 9.92. The highest BCUT2D eigenvalue weighted by Crippen LogP contribution is 2.22. The number of morpholine rings is 1. The maximum Gasteiger partial charge on any atom is 0.226 e. The van der Waals surface area contributed by atoms with E-state index >= 15 is 0 Å². The van der Waals surface area contributed by atoms with E-state index in [1.165, 1.54) is 5.56 Å². The minimum absolute atomic E-state index is 0.0902. The number of carbonyl (C=O) groups excluding carboxylic acids is 1. The second-order valence-corrected chi connectivity index (χ2v) is 7.71. The molecule has 0 spiro atoms. The van der Waals surface area contributed by atoms with Crippen LogP contribution in [-0.4, -0.2) is 42.7 Å². The number of aryl methyl sites for hydroxylation is 1. The predicted octanol–water partition coefficient (Wildman–Crippen LogP) is 2.91. The summed E-state index contributed by atoms with van der Waals surface area (Å²) in [6, 6.07) is 19.9. The molecule has 1 aromatic heterocycles. The molecule has 2 N–H and O–H groups in total. The molecule has 0 radical (unpaired) electrons. The number of rotatable bonds is 7. The van der Waals surface area contributed by atoms with E-state index in [0.717, 1.165) is 18.5 Å². The summed E-state index contributed by atoms with van der Waals surface area (Å²) in [5, 5.41) is 6.45. The Hall–Kier alpha value is -2.96. The third-order valence-corrected chi connectivity index (χ3v) is 5.35. The van der Waals surface area contributed by atoms with Crippen molar-refractivity contribution in [2.24, 2.45) is 0 Å². The Kier molecular flexibility index (Phi) is 6.26. The highest BCUT2D eigenvalue weighted by Gasteiger charge is 2.34. The van der Waals surface area contributed by atoms with Crippen LogP contribution in [0.1, 0.15) is 17.0 Å². The molecule has 30 heavy (non-hydrogen) atoms. The SMILES string of the molecule is Cc1oc(-c2ccccc2)nc1CC(=O)NC[C@@]1(Cc2ccccc2)CNCCO1. The molecule has 6 nitrogen and oxygen atoms in total. The second-order valence-electron chi connectivity index (χ2n) is 7.71. The number of benzene rings is 2. The highest BCUT2D eigenvalue weighted by atomic mass is 16.5. The minimum atomic E-state index is -0.455. The quantitative estimate of drug-likeness (QED) is 0.632. The van der Waals surface area contributed by atoms with Crippen LogP contribution in [0.3, 0.4) is 0 Å². The van der Waals surface area contributed by atoms with Crippen molar-refractivity contribution >= 4 is 5.91 Å². The van der Waals surface area contributed by atoms with E-state index in [4.69, 9.17) is 9.15 Å². The number of hydrogen-bond acceptors (Lipinski definition) is 5. The average Bonchev–Trinajstić information content (AvgIpc) is 3.14. The van der Waals surface area contributed by atoms with Crippen molar-refractivity contribution in [3.63, 3.8) is 0 Å². The van der Waals surface area contributed by atoms with Crippen molar-refractivity contribution in [2.75, 3.05) is 26.2 Å². The summed E-state index contributed by atoms with van der Waals surface area (Å²) >= 11 is 0. The fraction of sp³-hybridized carbons (Fsp3) is 0.333. The monoisotopic (exact) mass is 405 g/mol. The third-order valence-electron chi connectivity index (χ3n) is 5.35. The van der Waals surface area contributed by atoms with Crippen molar-refractivity contribution < 1.29 is 13.9 Å². The molecule has 156 valence electrons. The molecule has 1 fully saturated rings. The van der Waals surface area contributed by atoms with E-state index in [-0.39, 0.29) is 12.3 Å². The van der Waals surface area contributed by atoms with E-state index in [1.807, 2.05) is 55.5 Å². The molecule has 6 heteroatoms.